The summed E-state index contributed by atoms with van der Waals surface area (Å²) in [7, 11) is 1.55. The predicted molar refractivity (Wildman–Crippen MR) is 168 cm³/mol. The van der Waals surface area contributed by atoms with Gasteiger partial charge in [0.05, 0.1) is 29.5 Å². The van der Waals surface area contributed by atoms with Gasteiger partial charge in [-0.3, -0.25) is 9.36 Å². The summed E-state index contributed by atoms with van der Waals surface area (Å²) in [5.41, 5.74) is 2.52. The monoisotopic (exact) mass is 686 g/mol. The summed E-state index contributed by atoms with van der Waals surface area (Å²) >= 11 is 17.4. The molecule has 216 valence electrons. The fraction of sp³-hybridized carbons (Fsp3) is 0.194. The van der Waals surface area contributed by atoms with E-state index >= 15 is 0 Å². The molecule has 0 N–H and O–H groups in total. The van der Waals surface area contributed by atoms with E-state index in [1.807, 2.05) is 24.3 Å². The number of aromatic nitrogens is 1. The van der Waals surface area contributed by atoms with Crippen LogP contribution in [0.5, 0.6) is 11.5 Å². The molecule has 5 rings (SSSR count). The zero-order valence-corrected chi connectivity index (χ0v) is 26.7. The first-order valence-electron chi connectivity index (χ1n) is 12.9. The fourth-order valence-electron chi connectivity index (χ4n) is 4.66. The normalized spacial score (nSPS) is 14.8. The van der Waals surface area contributed by atoms with Gasteiger partial charge in [0, 0.05) is 20.1 Å². The highest BCUT2D eigenvalue weighted by molar-refractivity contribution is 9.10. The lowest BCUT2D eigenvalue weighted by molar-refractivity contribution is -0.139. The Morgan fingerprint density at radius 1 is 1.14 bits per heavy atom. The van der Waals surface area contributed by atoms with Crippen LogP contribution < -0.4 is 24.4 Å². The summed E-state index contributed by atoms with van der Waals surface area (Å²) < 4.78 is 19.8. The van der Waals surface area contributed by atoms with Crippen molar-refractivity contribution in [1.82, 2.24) is 4.57 Å². The summed E-state index contributed by atoms with van der Waals surface area (Å²) in [6.07, 6.45) is 1.74. The van der Waals surface area contributed by atoms with Gasteiger partial charge >= 0.3 is 5.97 Å². The zero-order valence-electron chi connectivity index (χ0n) is 22.8. The minimum atomic E-state index is -0.811. The Balaban J connectivity index is 1.67. The number of nitrogens with zero attached hydrogens (tertiary/aromatic N) is 2. The summed E-state index contributed by atoms with van der Waals surface area (Å²) in [6, 6.07) is 17.3. The van der Waals surface area contributed by atoms with Crippen molar-refractivity contribution in [1.29, 1.82) is 0 Å². The molecule has 1 aromatic heterocycles. The first-order chi connectivity index (χ1) is 20.2. The maximum absolute atomic E-state index is 14.1. The van der Waals surface area contributed by atoms with E-state index in [4.69, 9.17) is 37.4 Å². The predicted octanol–water partition coefficient (Wildman–Crippen LogP) is 6.46. The Bertz CT molecular complexity index is 1880. The van der Waals surface area contributed by atoms with Crippen LogP contribution in [0.2, 0.25) is 10.0 Å². The molecule has 0 spiro atoms. The number of rotatable bonds is 8. The number of methoxy groups -OCH3 is 1. The Kier molecular flexibility index (Phi) is 9.22. The standard InChI is InChI=1S/C31H25BrCl2N2O5S/c1-4-40-30(38)26-17(2)35-31-36(27(26)22-7-5-6-8-23(22)34)29(37)25(42-31)14-19-13-20(32)15-24(39-3)28(19)41-16-18-9-11-21(33)12-10-18/h5-15,27H,4,16H2,1-3H3/b25-14-/t27-/m1/s1. The quantitative estimate of drug-likeness (QED) is 0.199. The highest BCUT2D eigenvalue weighted by Crippen LogP contribution is 2.37. The molecule has 0 fully saturated rings. The Labute approximate surface area is 264 Å². The second-order valence-corrected chi connectivity index (χ2v) is 12.0. The van der Waals surface area contributed by atoms with Crippen molar-refractivity contribution < 1.29 is 19.0 Å². The smallest absolute Gasteiger partial charge is 0.338 e. The van der Waals surface area contributed by atoms with Crippen molar-refractivity contribution in [2.24, 2.45) is 4.99 Å². The van der Waals surface area contributed by atoms with Gasteiger partial charge in [-0.25, -0.2) is 9.79 Å². The van der Waals surface area contributed by atoms with Gasteiger partial charge in [0.1, 0.15) is 12.6 Å². The number of esters is 1. The van der Waals surface area contributed by atoms with Gasteiger partial charge in [0.15, 0.2) is 16.3 Å². The molecule has 3 aromatic carbocycles. The lowest BCUT2D eigenvalue weighted by atomic mass is 9.96. The number of benzene rings is 3. The molecule has 42 heavy (non-hydrogen) atoms. The average molecular weight is 688 g/mol. The van der Waals surface area contributed by atoms with Gasteiger partial charge in [-0.1, -0.05) is 80.8 Å². The van der Waals surface area contributed by atoms with Crippen LogP contribution in [0.1, 0.15) is 36.6 Å². The molecular formula is C31H25BrCl2N2O5S. The molecule has 0 unspecified atom stereocenters. The molecule has 0 saturated carbocycles. The van der Waals surface area contributed by atoms with E-state index in [1.165, 1.54) is 15.9 Å². The number of ether oxygens (including phenoxy) is 3. The van der Waals surface area contributed by atoms with Crippen molar-refractivity contribution in [2.45, 2.75) is 26.5 Å². The molecule has 1 aliphatic rings. The van der Waals surface area contributed by atoms with Crippen LogP contribution in [-0.2, 0) is 16.1 Å². The third-order valence-electron chi connectivity index (χ3n) is 6.57. The maximum atomic E-state index is 14.1. The minimum Gasteiger partial charge on any atom is -0.493 e. The van der Waals surface area contributed by atoms with E-state index in [0.717, 1.165) is 10.0 Å². The van der Waals surface area contributed by atoms with E-state index < -0.39 is 12.0 Å². The number of carbonyl (C=O) groups excluding carboxylic acids is 1. The van der Waals surface area contributed by atoms with E-state index in [-0.39, 0.29) is 24.3 Å². The molecule has 0 saturated heterocycles. The maximum Gasteiger partial charge on any atom is 0.338 e. The van der Waals surface area contributed by atoms with Crippen LogP contribution in [0.3, 0.4) is 0 Å². The van der Waals surface area contributed by atoms with Gasteiger partial charge in [-0.2, -0.15) is 0 Å². The number of hydrogen-bond donors (Lipinski definition) is 0. The second kappa shape index (κ2) is 12.9. The van der Waals surface area contributed by atoms with Gasteiger partial charge in [0.2, 0.25) is 0 Å². The molecule has 0 aliphatic carbocycles. The summed E-state index contributed by atoms with van der Waals surface area (Å²) in [5.74, 6) is 0.409. The van der Waals surface area contributed by atoms with Crippen LogP contribution in [0.25, 0.3) is 6.08 Å². The minimum absolute atomic E-state index is 0.179. The van der Waals surface area contributed by atoms with Gasteiger partial charge in [0.25, 0.3) is 5.56 Å². The largest absolute Gasteiger partial charge is 0.493 e. The molecule has 0 bridgehead atoms. The molecule has 1 atom stereocenters. The van der Waals surface area contributed by atoms with Crippen molar-refractivity contribution in [2.75, 3.05) is 13.7 Å². The molecule has 11 heteroatoms. The van der Waals surface area contributed by atoms with Gasteiger partial charge in [-0.15, -0.1) is 0 Å². The van der Waals surface area contributed by atoms with Crippen LogP contribution in [0, 0.1) is 0 Å². The first-order valence-corrected chi connectivity index (χ1v) is 15.3. The Morgan fingerprint density at radius 3 is 2.57 bits per heavy atom. The molecular weight excluding hydrogens is 663 g/mol. The van der Waals surface area contributed by atoms with Crippen molar-refractivity contribution >= 4 is 62.5 Å². The average Bonchev–Trinajstić information content (AvgIpc) is 3.26. The summed E-state index contributed by atoms with van der Waals surface area (Å²) in [6.45, 7) is 3.89. The molecule has 2 heterocycles. The van der Waals surface area contributed by atoms with Crippen molar-refractivity contribution in [3.63, 3.8) is 0 Å². The number of hydrogen-bond acceptors (Lipinski definition) is 7. The van der Waals surface area contributed by atoms with Gasteiger partial charge in [-0.05, 0) is 61.4 Å². The lowest BCUT2D eigenvalue weighted by Gasteiger charge is -2.25. The number of carbonyl (C=O) groups is 1. The van der Waals surface area contributed by atoms with Crippen LogP contribution in [-0.4, -0.2) is 24.3 Å². The summed E-state index contributed by atoms with van der Waals surface area (Å²) in [4.78, 5) is 32.3. The topological polar surface area (TPSA) is 79.1 Å². The van der Waals surface area contributed by atoms with Crippen molar-refractivity contribution in [3.8, 4) is 11.5 Å². The fourth-order valence-corrected chi connectivity index (χ4v) is 6.52. The van der Waals surface area contributed by atoms with E-state index in [9.17, 15) is 9.59 Å². The highest BCUT2D eigenvalue weighted by atomic mass is 79.9. The van der Waals surface area contributed by atoms with E-state index in [0.29, 0.717) is 47.7 Å². The van der Waals surface area contributed by atoms with E-state index in [2.05, 4.69) is 20.9 Å². The Hall–Kier alpha value is -3.37. The molecule has 7 nitrogen and oxygen atoms in total. The third kappa shape index (κ3) is 6.06. The van der Waals surface area contributed by atoms with Crippen LogP contribution in [0.15, 0.2) is 86.2 Å². The zero-order chi connectivity index (χ0) is 30.0. The number of fused-ring (bicyclic) bond motifs is 1. The highest BCUT2D eigenvalue weighted by Gasteiger charge is 2.34. The summed E-state index contributed by atoms with van der Waals surface area (Å²) in [5, 5.41) is 1.05. The molecule has 1 aliphatic heterocycles. The second-order valence-electron chi connectivity index (χ2n) is 9.27. The third-order valence-corrected chi connectivity index (χ3v) is 8.61. The molecule has 0 radical (unpaired) electrons. The SMILES string of the molecule is CCOC(=O)C1=C(C)N=c2s/c(=C\c3cc(Br)cc(OC)c3OCc3ccc(Cl)cc3)c(=O)n2[C@@H]1c1ccccc1Cl. The first kappa shape index (κ1) is 30.1. The van der Waals surface area contributed by atoms with Crippen molar-refractivity contribution in [3.05, 3.63) is 123 Å². The van der Waals surface area contributed by atoms with Crippen LogP contribution >= 0.6 is 50.5 Å². The molecule has 4 aromatic rings. The van der Waals surface area contributed by atoms with E-state index in [1.54, 1.807) is 63.4 Å². The van der Waals surface area contributed by atoms with Gasteiger partial charge < -0.3 is 14.2 Å². The number of halogens is 3. The Morgan fingerprint density at radius 2 is 1.88 bits per heavy atom. The lowest BCUT2D eigenvalue weighted by Crippen LogP contribution is -2.40. The number of allylic oxidation sites excluding steroid dienone is 1. The number of thiazole rings is 1. The molecule has 0 amide bonds. The van der Waals surface area contributed by atoms with Crippen LogP contribution in [0.4, 0.5) is 0 Å².